The molecule has 1 aromatic rings. The first kappa shape index (κ1) is 11.9. The average Bonchev–Trinajstić information content (AvgIpc) is 2.75. The molecular formula is C13H17NO3. The second-order valence-corrected chi connectivity index (χ2v) is 4.37. The van der Waals surface area contributed by atoms with Gasteiger partial charge in [0.1, 0.15) is 5.75 Å². The molecule has 4 nitrogen and oxygen atoms in total. The molecule has 1 N–H and O–H groups in total. The number of aliphatic hydroxyl groups is 1. The van der Waals surface area contributed by atoms with Gasteiger partial charge in [0, 0.05) is 18.7 Å². The Morgan fingerprint density at radius 1 is 1.53 bits per heavy atom. The minimum atomic E-state index is -0.377. The molecule has 1 heterocycles. The summed E-state index contributed by atoms with van der Waals surface area (Å²) in [6.45, 7) is 2.96. The van der Waals surface area contributed by atoms with Crippen molar-refractivity contribution in [1.29, 1.82) is 0 Å². The van der Waals surface area contributed by atoms with E-state index in [0.717, 1.165) is 11.3 Å². The number of amides is 1. The molecule has 1 fully saturated rings. The van der Waals surface area contributed by atoms with E-state index in [1.54, 1.807) is 24.1 Å². The van der Waals surface area contributed by atoms with Crippen LogP contribution < -0.4 is 4.74 Å². The van der Waals surface area contributed by atoms with E-state index in [9.17, 15) is 9.90 Å². The van der Waals surface area contributed by atoms with Crippen molar-refractivity contribution in [2.45, 2.75) is 19.4 Å². The van der Waals surface area contributed by atoms with Gasteiger partial charge in [-0.25, -0.2) is 0 Å². The van der Waals surface area contributed by atoms with E-state index in [4.69, 9.17) is 4.74 Å². The Bertz CT molecular complexity index is 431. The van der Waals surface area contributed by atoms with Gasteiger partial charge in [-0.3, -0.25) is 4.79 Å². The summed E-state index contributed by atoms with van der Waals surface area (Å²) in [6, 6.07) is 5.41. The van der Waals surface area contributed by atoms with Gasteiger partial charge in [-0.2, -0.15) is 0 Å². The third-order valence-corrected chi connectivity index (χ3v) is 3.11. The summed E-state index contributed by atoms with van der Waals surface area (Å²) in [6.07, 6.45) is 0.290. The smallest absolute Gasteiger partial charge is 0.254 e. The van der Waals surface area contributed by atoms with Crippen LogP contribution in [0, 0.1) is 6.92 Å². The second kappa shape index (κ2) is 4.75. The molecule has 1 saturated heterocycles. The van der Waals surface area contributed by atoms with Gasteiger partial charge >= 0.3 is 0 Å². The van der Waals surface area contributed by atoms with Crippen molar-refractivity contribution in [2.75, 3.05) is 20.2 Å². The van der Waals surface area contributed by atoms with E-state index in [2.05, 4.69) is 0 Å². The first-order valence-electron chi connectivity index (χ1n) is 5.74. The minimum Gasteiger partial charge on any atom is -0.497 e. The molecule has 0 unspecified atom stereocenters. The maximum Gasteiger partial charge on any atom is 0.254 e. The molecule has 1 aromatic carbocycles. The van der Waals surface area contributed by atoms with Crippen LogP contribution in [0.5, 0.6) is 5.75 Å². The molecule has 0 bridgehead atoms. The highest BCUT2D eigenvalue weighted by molar-refractivity contribution is 5.96. The number of aliphatic hydroxyl groups excluding tert-OH is 1. The van der Waals surface area contributed by atoms with E-state index in [0.29, 0.717) is 25.1 Å². The largest absolute Gasteiger partial charge is 0.497 e. The van der Waals surface area contributed by atoms with Gasteiger partial charge in [-0.05, 0) is 37.1 Å². The van der Waals surface area contributed by atoms with Crippen molar-refractivity contribution in [3.05, 3.63) is 29.3 Å². The topological polar surface area (TPSA) is 49.8 Å². The van der Waals surface area contributed by atoms with E-state index in [1.165, 1.54) is 0 Å². The third kappa shape index (κ3) is 2.42. The zero-order chi connectivity index (χ0) is 12.4. The number of β-amino-alcohol motifs (C(OH)–C–C–N with tert-alkyl or cyclic N) is 1. The molecule has 0 aromatic heterocycles. The summed E-state index contributed by atoms with van der Waals surface area (Å²) in [5.41, 5.74) is 1.58. The molecule has 1 atom stereocenters. The Hall–Kier alpha value is -1.55. The molecular weight excluding hydrogens is 218 g/mol. The molecule has 0 saturated carbocycles. The zero-order valence-corrected chi connectivity index (χ0v) is 10.1. The normalized spacial score (nSPS) is 19.5. The van der Waals surface area contributed by atoms with Gasteiger partial charge in [0.15, 0.2) is 0 Å². The minimum absolute atomic E-state index is 0.0123. The lowest BCUT2D eigenvalue weighted by Gasteiger charge is -2.17. The maximum absolute atomic E-state index is 12.2. The Kier molecular flexibility index (Phi) is 3.33. The fourth-order valence-electron chi connectivity index (χ4n) is 2.10. The summed E-state index contributed by atoms with van der Waals surface area (Å²) in [5, 5.41) is 9.43. The average molecular weight is 235 g/mol. The number of aryl methyl sites for hydroxylation is 1. The number of benzene rings is 1. The summed E-state index contributed by atoms with van der Waals surface area (Å²) < 4.78 is 5.11. The monoisotopic (exact) mass is 235 g/mol. The van der Waals surface area contributed by atoms with E-state index in [1.807, 2.05) is 13.0 Å². The Balaban J connectivity index is 2.19. The van der Waals surface area contributed by atoms with Crippen LogP contribution >= 0.6 is 0 Å². The van der Waals surface area contributed by atoms with Gasteiger partial charge < -0.3 is 14.7 Å². The molecule has 0 radical (unpaired) electrons. The van der Waals surface area contributed by atoms with Gasteiger partial charge in [-0.1, -0.05) is 0 Å². The number of hydrogen-bond acceptors (Lipinski definition) is 3. The van der Waals surface area contributed by atoms with Crippen LogP contribution in [0.1, 0.15) is 22.3 Å². The van der Waals surface area contributed by atoms with Gasteiger partial charge in [0.2, 0.25) is 0 Å². The maximum atomic E-state index is 12.2. The van der Waals surface area contributed by atoms with Crippen LogP contribution in [0.2, 0.25) is 0 Å². The Labute approximate surface area is 101 Å². The Morgan fingerprint density at radius 2 is 2.29 bits per heavy atom. The fourth-order valence-corrected chi connectivity index (χ4v) is 2.10. The van der Waals surface area contributed by atoms with Crippen LogP contribution in [0.15, 0.2) is 18.2 Å². The first-order chi connectivity index (χ1) is 8.11. The lowest BCUT2D eigenvalue weighted by Crippen LogP contribution is -2.30. The van der Waals surface area contributed by atoms with Crippen molar-refractivity contribution in [1.82, 2.24) is 4.90 Å². The van der Waals surface area contributed by atoms with E-state index < -0.39 is 0 Å². The summed E-state index contributed by atoms with van der Waals surface area (Å²) >= 11 is 0. The number of ether oxygens (including phenoxy) is 1. The molecule has 1 amide bonds. The molecule has 92 valence electrons. The summed E-state index contributed by atoms with van der Waals surface area (Å²) in [4.78, 5) is 13.9. The number of hydrogen-bond donors (Lipinski definition) is 1. The predicted octanol–water partition coefficient (Wildman–Crippen LogP) is 1.21. The van der Waals surface area contributed by atoms with Crippen molar-refractivity contribution >= 4 is 5.91 Å². The second-order valence-electron chi connectivity index (χ2n) is 4.37. The molecule has 1 aliphatic heterocycles. The van der Waals surface area contributed by atoms with Crippen LogP contribution in [-0.4, -0.2) is 42.2 Å². The SMILES string of the molecule is COc1ccc(C(=O)N2CC[C@H](O)C2)c(C)c1. The number of carbonyl (C=O) groups is 1. The lowest BCUT2D eigenvalue weighted by atomic mass is 10.1. The number of methoxy groups -OCH3 is 1. The van der Waals surface area contributed by atoms with Crippen LogP contribution in [-0.2, 0) is 0 Å². The third-order valence-electron chi connectivity index (χ3n) is 3.11. The standard InChI is InChI=1S/C13H17NO3/c1-9-7-11(17-2)3-4-12(9)13(16)14-6-5-10(15)8-14/h3-4,7,10,15H,5-6,8H2,1-2H3/t10-/m0/s1. The van der Waals surface area contributed by atoms with E-state index >= 15 is 0 Å². The lowest BCUT2D eigenvalue weighted by molar-refractivity contribution is 0.0764. The highest BCUT2D eigenvalue weighted by Crippen LogP contribution is 2.20. The van der Waals surface area contributed by atoms with Crippen LogP contribution in [0.4, 0.5) is 0 Å². The molecule has 0 spiro atoms. The Morgan fingerprint density at radius 3 is 2.82 bits per heavy atom. The molecule has 17 heavy (non-hydrogen) atoms. The van der Waals surface area contributed by atoms with Crippen molar-refractivity contribution in [2.24, 2.45) is 0 Å². The number of nitrogens with zero attached hydrogens (tertiary/aromatic N) is 1. The van der Waals surface area contributed by atoms with Crippen LogP contribution in [0.3, 0.4) is 0 Å². The van der Waals surface area contributed by atoms with Crippen molar-refractivity contribution in [3.63, 3.8) is 0 Å². The van der Waals surface area contributed by atoms with Gasteiger partial charge in [0.05, 0.1) is 13.2 Å². The predicted molar refractivity (Wildman–Crippen MR) is 64.3 cm³/mol. The highest BCUT2D eigenvalue weighted by Gasteiger charge is 2.26. The molecule has 1 aliphatic rings. The summed E-state index contributed by atoms with van der Waals surface area (Å²) in [5.74, 6) is 0.738. The van der Waals surface area contributed by atoms with Gasteiger partial charge in [0.25, 0.3) is 5.91 Å². The number of rotatable bonds is 2. The highest BCUT2D eigenvalue weighted by atomic mass is 16.5. The van der Waals surface area contributed by atoms with E-state index in [-0.39, 0.29) is 12.0 Å². The molecule has 0 aliphatic carbocycles. The quantitative estimate of drug-likeness (QED) is 0.838. The van der Waals surface area contributed by atoms with Crippen LogP contribution in [0.25, 0.3) is 0 Å². The van der Waals surface area contributed by atoms with Crippen molar-refractivity contribution in [3.8, 4) is 5.75 Å². The molecule has 2 rings (SSSR count). The molecule has 4 heteroatoms. The zero-order valence-electron chi connectivity index (χ0n) is 10.1. The van der Waals surface area contributed by atoms with Crippen molar-refractivity contribution < 1.29 is 14.6 Å². The summed E-state index contributed by atoms with van der Waals surface area (Å²) in [7, 11) is 1.60. The van der Waals surface area contributed by atoms with Gasteiger partial charge in [-0.15, -0.1) is 0 Å². The number of carbonyl (C=O) groups excluding carboxylic acids is 1. The first-order valence-corrected chi connectivity index (χ1v) is 5.74. The fraction of sp³-hybridized carbons (Fsp3) is 0.462. The number of likely N-dealkylation sites (tertiary alicyclic amines) is 1.